The lowest BCUT2D eigenvalue weighted by molar-refractivity contribution is 0.569. The van der Waals surface area contributed by atoms with Crippen LogP contribution in [0.5, 0.6) is 0 Å². The highest BCUT2D eigenvalue weighted by Gasteiger charge is 2.23. The number of anilines is 3. The molecule has 0 amide bonds. The molecule has 5 nitrogen and oxygen atoms in total. The number of nitrogens with zero attached hydrogens (tertiary/aromatic N) is 4. The van der Waals surface area contributed by atoms with Crippen LogP contribution in [-0.4, -0.2) is 19.9 Å². The molecule has 5 heteroatoms. The number of H-pyrrole nitrogens is 1. The summed E-state index contributed by atoms with van der Waals surface area (Å²) in [4.78, 5) is 20.8. The summed E-state index contributed by atoms with van der Waals surface area (Å²) in [6.45, 7) is 15.7. The molecule has 3 heterocycles. The summed E-state index contributed by atoms with van der Waals surface area (Å²) in [5, 5.41) is 2.33. The van der Waals surface area contributed by atoms with E-state index in [-0.39, 0.29) is 10.8 Å². The minimum absolute atomic E-state index is 0.0153. The number of imidazole rings is 1. The molecule has 0 spiro atoms. The Morgan fingerprint density at radius 1 is 0.566 bits per heavy atom. The van der Waals surface area contributed by atoms with E-state index < -0.39 is 0 Å². The predicted molar refractivity (Wildman–Crippen MR) is 222 cm³/mol. The number of hydrogen-bond acceptors (Lipinski definition) is 4. The summed E-state index contributed by atoms with van der Waals surface area (Å²) in [5.74, 6) is 1.73. The summed E-state index contributed by atoms with van der Waals surface area (Å²) in [5.41, 5.74) is 12.7. The highest BCUT2D eigenvalue weighted by Crippen LogP contribution is 2.41. The van der Waals surface area contributed by atoms with Gasteiger partial charge in [-0.2, -0.15) is 0 Å². The van der Waals surface area contributed by atoms with Crippen molar-refractivity contribution in [3.8, 4) is 33.6 Å². The molecule has 0 fully saturated rings. The summed E-state index contributed by atoms with van der Waals surface area (Å²) >= 11 is 0. The Kier molecular flexibility index (Phi) is 8.45. The smallest absolute Gasteiger partial charge is 0.137 e. The predicted octanol–water partition coefficient (Wildman–Crippen LogP) is 12.9. The first-order chi connectivity index (χ1) is 25.4. The highest BCUT2D eigenvalue weighted by molar-refractivity contribution is 5.99. The molecule has 1 N–H and O–H groups in total. The fourth-order valence-corrected chi connectivity index (χ4v) is 7.10. The number of aromatic nitrogens is 4. The molecule has 0 saturated heterocycles. The Bertz CT molecular complexity index is 2570. The van der Waals surface area contributed by atoms with Gasteiger partial charge in [-0.3, -0.25) is 4.90 Å². The van der Waals surface area contributed by atoms with Crippen molar-refractivity contribution in [3.63, 3.8) is 0 Å². The van der Waals surface area contributed by atoms with Gasteiger partial charge in [-0.1, -0.05) is 126 Å². The van der Waals surface area contributed by atoms with Gasteiger partial charge < -0.3 is 4.98 Å². The van der Waals surface area contributed by atoms with Gasteiger partial charge in [-0.15, -0.1) is 0 Å². The van der Waals surface area contributed by atoms with Crippen molar-refractivity contribution in [1.82, 2.24) is 19.9 Å². The first-order valence-corrected chi connectivity index (χ1v) is 18.4. The maximum absolute atomic E-state index is 5.42. The molecule has 262 valence electrons. The lowest BCUT2D eigenvalue weighted by Crippen LogP contribution is -2.16. The molecule has 3 aromatic heterocycles. The molecular formula is C48H45N5. The van der Waals surface area contributed by atoms with E-state index >= 15 is 0 Å². The average Bonchev–Trinajstić information content (AvgIpc) is 3.55. The van der Waals surface area contributed by atoms with Crippen LogP contribution in [0.1, 0.15) is 58.5 Å². The molecule has 0 radical (unpaired) electrons. The van der Waals surface area contributed by atoms with Crippen molar-refractivity contribution >= 4 is 39.0 Å². The molecule has 0 aliphatic rings. The summed E-state index contributed by atoms with van der Waals surface area (Å²) in [7, 11) is 0. The zero-order chi connectivity index (χ0) is 36.9. The van der Waals surface area contributed by atoms with Gasteiger partial charge in [0, 0.05) is 28.4 Å². The first kappa shape index (κ1) is 34.0. The van der Waals surface area contributed by atoms with Gasteiger partial charge in [0.15, 0.2) is 0 Å². The number of benzene rings is 5. The van der Waals surface area contributed by atoms with E-state index in [1.54, 1.807) is 0 Å². The largest absolute Gasteiger partial charge is 0.342 e. The second kappa shape index (κ2) is 13.2. The van der Waals surface area contributed by atoms with Crippen molar-refractivity contribution in [1.29, 1.82) is 0 Å². The van der Waals surface area contributed by atoms with Crippen LogP contribution >= 0.6 is 0 Å². The van der Waals surface area contributed by atoms with Crippen LogP contribution in [0.4, 0.5) is 17.2 Å². The standard InChI is InChI=1S/C48H45N5/c1-31-50-41-21-14-20-40(46(41)51-31)43-29-35(34-25-36(47(2,3)4)30-37(26-34)48(5,6)7)28-42(52-43)33-17-12-18-38(27-33)53(45-23-10-11-24-49-45)44-22-13-16-32-15-8-9-19-39(32)44/h8-30H,1-7H3,(H,50,51). The Morgan fingerprint density at radius 3 is 2.00 bits per heavy atom. The maximum Gasteiger partial charge on any atom is 0.137 e. The van der Waals surface area contributed by atoms with E-state index in [4.69, 9.17) is 15.0 Å². The molecule has 5 aromatic carbocycles. The monoisotopic (exact) mass is 691 g/mol. The Morgan fingerprint density at radius 2 is 1.25 bits per heavy atom. The fourth-order valence-electron chi connectivity index (χ4n) is 7.10. The molecule has 0 unspecified atom stereocenters. The normalized spacial score (nSPS) is 12.1. The van der Waals surface area contributed by atoms with E-state index in [1.165, 1.54) is 22.1 Å². The number of nitrogens with one attached hydrogen (secondary N) is 1. The van der Waals surface area contributed by atoms with Crippen molar-refractivity contribution in [2.24, 2.45) is 0 Å². The first-order valence-electron chi connectivity index (χ1n) is 18.4. The number of para-hydroxylation sites is 1. The number of fused-ring (bicyclic) bond motifs is 2. The zero-order valence-corrected chi connectivity index (χ0v) is 31.6. The molecule has 0 aliphatic heterocycles. The van der Waals surface area contributed by atoms with E-state index in [1.807, 2.05) is 25.3 Å². The lowest BCUT2D eigenvalue weighted by atomic mass is 9.79. The second-order valence-electron chi connectivity index (χ2n) is 16.0. The number of hydrogen-bond donors (Lipinski definition) is 1. The lowest BCUT2D eigenvalue weighted by Gasteiger charge is -2.27. The van der Waals surface area contributed by atoms with Crippen LogP contribution in [0.15, 0.2) is 140 Å². The SMILES string of the molecule is Cc1nc2cccc(-c3cc(-c4cc(C(C)(C)C)cc(C(C)(C)C)c4)cc(-c4cccc(N(c5ccccn5)c5cccc6ccccc56)c4)n3)c2[nH]1. The van der Waals surface area contributed by atoms with Crippen molar-refractivity contribution in [2.75, 3.05) is 4.90 Å². The Hall–Kier alpha value is -6.07. The van der Waals surface area contributed by atoms with Crippen molar-refractivity contribution < 1.29 is 0 Å². The van der Waals surface area contributed by atoms with Crippen LogP contribution in [0.3, 0.4) is 0 Å². The van der Waals surface area contributed by atoms with Crippen LogP contribution in [0.25, 0.3) is 55.4 Å². The molecule has 8 rings (SSSR count). The summed E-state index contributed by atoms with van der Waals surface area (Å²) in [6.07, 6.45) is 1.85. The number of aromatic amines is 1. The average molecular weight is 692 g/mol. The van der Waals surface area contributed by atoms with E-state index in [2.05, 4.69) is 173 Å². The van der Waals surface area contributed by atoms with E-state index in [0.29, 0.717) is 0 Å². The Balaban J connectivity index is 1.36. The van der Waals surface area contributed by atoms with Gasteiger partial charge >= 0.3 is 0 Å². The van der Waals surface area contributed by atoms with Gasteiger partial charge in [-0.25, -0.2) is 15.0 Å². The van der Waals surface area contributed by atoms with Gasteiger partial charge in [0.05, 0.1) is 28.1 Å². The zero-order valence-electron chi connectivity index (χ0n) is 31.6. The minimum Gasteiger partial charge on any atom is -0.342 e. The molecule has 53 heavy (non-hydrogen) atoms. The van der Waals surface area contributed by atoms with Gasteiger partial charge in [0.2, 0.25) is 0 Å². The molecule has 0 atom stereocenters. The van der Waals surface area contributed by atoms with Crippen LogP contribution in [0, 0.1) is 6.92 Å². The van der Waals surface area contributed by atoms with Gasteiger partial charge in [0.1, 0.15) is 11.6 Å². The summed E-state index contributed by atoms with van der Waals surface area (Å²) < 4.78 is 0. The number of pyridine rings is 2. The summed E-state index contributed by atoms with van der Waals surface area (Å²) in [6, 6.07) is 47.5. The minimum atomic E-state index is -0.0153. The number of rotatable bonds is 6. The topological polar surface area (TPSA) is 57.7 Å². The van der Waals surface area contributed by atoms with E-state index in [9.17, 15) is 0 Å². The third-order valence-electron chi connectivity index (χ3n) is 10.0. The third-order valence-corrected chi connectivity index (χ3v) is 10.0. The van der Waals surface area contributed by atoms with Crippen LogP contribution in [0.2, 0.25) is 0 Å². The van der Waals surface area contributed by atoms with Crippen LogP contribution < -0.4 is 4.90 Å². The molecule has 0 bridgehead atoms. The van der Waals surface area contributed by atoms with E-state index in [0.717, 1.165) is 67.5 Å². The molecule has 0 saturated carbocycles. The van der Waals surface area contributed by atoms with Gasteiger partial charge in [0.25, 0.3) is 0 Å². The fraction of sp³-hybridized carbons (Fsp3) is 0.188. The highest BCUT2D eigenvalue weighted by atomic mass is 15.2. The molecular weight excluding hydrogens is 647 g/mol. The van der Waals surface area contributed by atoms with Gasteiger partial charge in [-0.05, 0) is 93.9 Å². The van der Waals surface area contributed by atoms with Crippen molar-refractivity contribution in [3.05, 3.63) is 157 Å². The Labute approximate surface area is 312 Å². The van der Waals surface area contributed by atoms with Crippen molar-refractivity contribution in [2.45, 2.75) is 59.3 Å². The van der Waals surface area contributed by atoms with Crippen LogP contribution in [-0.2, 0) is 10.8 Å². The quantitative estimate of drug-likeness (QED) is 0.189. The maximum atomic E-state index is 5.42. The molecule has 8 aromatic rings. The number of aryl methyl sites for hydroxylation is 1. The second-order valence-corrected chi connectivity index (χ2v) is 16.0. The molecule has 0 aliphatic carbocycles. The third kappa shape index (κ3) is 6.71.